The van der Waals surface area contributed by atoms with Gasteiger partial charge in [-0.3, -0.25) is 9.78 Å². The molecular weight excluding hydrogens is 188 g/mol. The van der Waals surface area contributed by atoms with Gasteiger partial charge in [0.15, 0.2) is 0 Å². The average molecular weight is 206 g/mol. The summed E-state index contributed by atoms with van der Waals surface area (Å²) < 4.78 is 0. The predicted octanol–water partition coefficient (Wildman–Crippen LogP) is 2.48. The molecule has 0 saturated heterocycles. The Labute approximate surface area is 91.1 Å². The quantitative estimate of drug-likeness (QED) is 0.744. The molecule has 1 rings (SSSR count). The molecule has 3 heteroatoms. The van der Waals surface area contributed by atoms with E-state index >= 15 is 0 Å². The molecule has 0 bridgehead atoms. The van der Waals surface area contributed by atoms with Gasteiger partial charge in [0.2, 0.25) is 5.91 Å². The first kappa shape index (κ1) is 11.7. The Morgan fingerprint density at radius 2 is 1.87 bits per heavy atom. The third-order valence-corrected chi connectivity index (χ3v) is 2.11. The van der Waals surface area contributed by atoms with E-state index in [1.807, 2.05) is 12.1 Å². The van der Waals surface area contributed by atoms with Gasteiger partial charge in [0.25, 0.3) is 0 Å². The molecule has 15 heavy (non-hydrogen) atoms. The normalized spacial score (nSPS) is 11.2. The van der Waals surface area contributed by atoms with Crippen LogP contribution in [0.2, 0.25) is 0 Å². The molecule has 0 radical (unpaired) electrons. The number of carbonyl (C=O) groups excluding carboxylic acids is 1. The standard InChI is InChI=1S/C12H18N2O/c1-12(2,3)9-11(15)14(4)10-5-7-13-8-6-10/h5-8H,9H2,1-4H3. The number of rotatable bonds is 2. The van der Waals surface area contributed by atoms with Crippen LogP contribution in [0.5, 0.6) is 0 Å². The van der Waals surface area contributed by atoms with Gasteiger partial charge < -0.3 is 4.90 Å². The molecule has 0 unspecified atom stereocenters. The summed E-state index contributed by atoms with van der Waals surface area (Å²) in [5.41, 5.74) is 0.914. The maximum Gasteiger partial charge on any atom is 0.227 e. The van der Waals surface area contributed by atoms with Crippen LogP contribution < -0.4 is 4.90 Å². The summed E-state index contributed by atoms with van der Waals surface area (Å²) in [5.74, 6) is 0.133. The lowest BCUT2D eigenvalue weighted by molar-refractivity contribution is -0.120. The average Bonchev–Trinajstić information content (AvgIpc) is 2.15. The van der Waals surface area contributed by atoms with Crippen LogP contribution in [-0.4, -0.2) is 17.9 Å². The third-order valence-electron chi connectivity index (χ3n) is 2.11. The van der Waals surface area contributed by atoms with E-state index in [9.17, 15) is 4.79 Å². The summed E-state index contributed by atoms with van der Waals surface area (Å²) in [6, 6.07) is 3.67. The Kier molecular flexibility index (Phi) is 3.45. The minimum absolute atomic E-state index is 0.0262. The summed E-state index contributed by atoms with van der Waals surface area (Å²) in [7, 11) is 1.80. The zero-order chi connectivity index (χ0) is 11.5. The Bertz CT molecular complexity index is 327. The van der Waals surface area contributed by atoms with Gasteiger partial charge in [0, 0.05) is 31.5 Å². The summed E-state index contributed by atoms with van der Waals surface area (Å²) in [6.45, 7) is 6.18. The Morgan fingerprint density at radius 3 is 2.33 bits per heavy atom. The minimum atomic E-state index is 0.0262. The number of hydrogen-bond acceptors (Lipinski definition) is 2. The van der Waals surface area contributed by atoms with E-state index in [1.165, 1.54) is 0 Å². The zero-order valence-electron chi connectivity index (χ0n) is 9.82. The smallest absolute Gasteiger partial charge is 0.227 e. The molecule has 1 amide bonds. The Morgan fingerprint density at radius 1 is 1.33 bits per heavy atom. The SMILES string of the molecule is CN(C(=O)CC(C)(C)C)c1ccncc1. The monoisotopic (exact) mass is 206 g/mol. The van der Waals surface area contributed by atoms with Crippen LogP contribution in [0.1, 0.15) is 27.2 Å². The second-order valence-electron chi connectivity index (χ2n) is 4.90. The number of pyridine rings is 1. The summed E-state index contributed by atoms with van der Waals surface area (Å²) in [6.07, 6.45) is 3.93. The van der Waals surface area contributed by atoms with Crippen molar-refractivity contribution in [3.8, 4) is 0 Å². The first-order valence-corrected chi connectivity index (χ1v) is 5.07. The van der Waals surface area contributed by atoms with Crippen molar-refractivity contribution in [2.75, 3.05) is 11.9 Å². The highest BCUT2D eigenvalue weighted by Gasteiger charge is 2.19. The van der Waals surface area contributed by atoms with Crippen molar-refractivity contribution in [2.24, 2.45) is 5.41 Å². The Balaban J connectivity index is 2.70. The van der Waals surface area contributed by atoms with Crippen molar-refractivity contribution < 1.29 is 4.79 Å². The highest BCUT2D eigenvalue weighted by Crippen LogP contribution is 2.21. The van der Waals surface area contributed by atoms with Crippen molar-refractivity contribution in [1.82, 2.24) is 4.98 Å². The van der Waals surface area contributed by atoms with E-state index in [-0.39, 0.29) is 11.3 Å². The Hall–Kier alpha value is -1.38. The molecule has 3 nitrogen and oxygen atoms in total. The second kappa shape index (κ2) is 4.43. The highest BCUT2D eigenvalue weighted by molar-refractivity contribution is 5.92. The molecular formula is C12H18N2O. The number of aromatic nitrogens is 1. The predicted molar refractivity (Wildman–Crippen MR) is 61.7 cm³/mol. The molecule has 82 valence electrons. The van der Waals surface area contributed by atoms with Crippen LogP contribution in [-0.2, 0) is 4.79 Å². The van der Waals surface area contributed by atoms with Gasteiger partial charge in [-0.25, -0.2) is 0 Å². The molecule has 1 heterocycles. The first-order valence-electron chi connectivity index (χ1n) is 5.07. The van der Waals surface area contributed by atoms with Crippen LogP contribution >= 0.6 is 0 Å². The van der Waals surface area contributed by atoms with Gasteiger partial charge in [-0.1, -0.05) is 20.8 Å². The highest BCUT2D eigenvalue weighted by atomic mass is 16.2. The van der Waals surface area contributed by atoms with E-state index in [4.69, 9.17) is 0 Å². The van der Waals surface area contributed by atoms with Crippen LogP contribution in [0.25, 0.3) is 0 Å². The van der Waals surface area contributed by atoms with Gasteiger partial charge in [-0.05, 0) is 17.5 Å². The molecule has 0 aromatic carbocycles. The fraction of sp³-hybridized carbons (Fsp3) is 0.500. The lowest BCUT2D eigenvalue weighted by Gasteiger charge is -2.23. The summed E-state index contributed by atoms with van der Waals surface area (Å²) in [5, 5.41) is 0. The van der Waals surface area contributed by atoms with Gasteiger partial charge in [-0.15, -0.1) is 0 Å². The number of hydrogen-bond donors (Lipinski definition) is 0. The molecule has 0 aliphatic carbocycles. The first-order chi connectivity index (χ1) is 6.90. The van der Waals surface area contributed by atoms with Gasteiger partial charge in [0.1, 0.15) is 0 Å². The van der Waals surface area contributed by atoms with Crippen molar-refractivity contribution in [1.29, 1.82) is 0 Å². The number of nitrogens with zero attached hydrogens (tertiary/aromatic N) is 2. The number of amides is 1. The molecule has 0 saturated carbocycles. The van der Waals surface area contributed by atoms with E-state index in [0.717, 1.165) is 5.69 Å². The summed E-state index contributed by atoms with van der Waals surface area (Å²) >= 11 is 0. The number of anilines is 1. The number of carbonyl (C=O) groups is 1. The zero-order valence-corrected chi connectivity index (χ0v) is 9.82. The van der Waals surface area contributed by atoms with Crippen LogP contribution in [0.15, 0.2) is 24.5 Å². The molecule has 1 aromatic rings. The van der Waals surface area contributed by atoms with E-state index < -0.39 is 0 Å². The van der Waals surface area contributed by atoms with Crippen LogP contribution in [0.4, 0.5) is 5.69 Å². The molecule has 0 spiro atoms. The molecule has 0 N–H and O–H groups in total. The van der Waals surface area contributed by atoms with Gasteiger partial charge >= 0.3 is 0 Å². The third kappa shape index (κ3) is 3.70. The lowest BCUT2D eigenvalue weighted by atomic mass is 9.91. The van der Waals surface area contributed by atoms with Crippen molar-refractivity contribution in [2.45, 2.75) is 27.2 Å². The van der Waals surface area contributed by atoms with E-state index in [0.29, 0.717) is 6.42 Å². The van der Waals surface area contributed by atoms with Crippen molar-refractivity contribution >= 4 is 11.6 Å². The van der Waals surface area contributed by atoms with E-state index in [2.05, 4.69) is 25.8 Å². The fourth-order valence-electron chi connectivity index (χ4n) is 1.28. The van der Waals surface area contributed by atoms with Crippen LogP contribution in [0, 0.1) is 5.41 Å². The summed E-state index contributed by atoms with van der Waals surface area (Å²) in [4.78, 5) is 17.5. The van der Waals surface area contributed by atoms with Gasteiger partial charge in [-0.2, -0.15) is 0 Å². The minimum Gasteiger partial charge on any atom is -0.315 e. The maximum absolute atomic E-state index is 11.9. The largest absolute Gasteiger partial charge is 0.315 e. The van der Waals surface area contributed by atoms with Gasteiger partial charge in [0.05, 0.1) is 0 Å². The van der Waals surface area contributed by atoms with Crippen molar-refractivity contribution in [3.05, 3.63) is 24.5 Å². The lowest BCUT2D eigenvalue weighted by Crippen LogP contribution is -2.29. The fourth-order valence-corrected chi connectivity index (χ4v) is 1.28. The van der Waals surface area contributed by atoms with Crippen LogP contribution in [0.3, 0.4) is 0 Å². The van der Waals surface area contributed by atoms with E-state index in [1.54, 1.807) is 24.3 Å². The second-order valence-corrected chi connectivity index (χ2v) is 4.90. The molecule has 0 fully saturated rings. The maximum atomic E-state index is 11.9. The molecule has 1 aromatic heterocycles. The topological polar surface area (TPSA) is 33.2 Å². The molecule has 0 aliphatic rings. The van der Waals surface area contributed by atoms with Crippen molar-refractivity contribution in [3.63, 3.8) is 0 Å². The molecule has 0 atom stereocenters. The molecule has 0 aliphatic heterocycles.